The van der Waals surface area contributed by atoms with E-state index in [0.29, 0.717) is 0 Å². The van der Waals surface area contributed by atoms with Crippen molar-refractivity contribution in [2.24, 2.45) is 0 Å². The predicted molar refractivity (Wildman–Crippen MR) is 226 cm³/mol. The van der Waals surface area contributed by atoms with Crippen molar-refractivity contribution in [2.75, 3.05) is 4.90 Å². The second-order valence-corrected chi connectivity index (χ2v) is 15.1. The first kappa shape index (κ1) is 31.3. The maximum Gasteiger partial charge on any atom is 0.0784 e. The molecule has 6 aromatic rings. The van der Waals surface area contributed by atoms with Gasteiger partial charge in [0.2, 0.25) is 0 Å². The molecule has 0 saturated carbocycles. The van der Waals surface area contributed by atoms with Crippen LogP contribution in [0.15, 0.2) is 151 Å². The van der Waals surface area contributed by atoms with Crippen LogP contribution in [0.4, 0.5) is 5.69 Å². The topological polar surface area (TPSA) is 21.1 Å². The highest BCUT2D eigenvalue weighted by Crippen LogP contribution is 2.51. The van der Waals surface area contributed by atoms with Gasteiger partial charge in [-0.2, -0.15) is 0 Å². The Kier molecular flexibility index (Phi) is 7.40. The molecular weight excluding hydrogens is 655 g/mol. The van der Waals surface area contributed by atoms with Gasteiger partial charge in [-0.1, -0.05) is 127 Å². The van der Waals surface area contributed by atoms with Gasteiger partial charge in [-0.05, 0) is 92.0 Å². The van der Waals surface area contributed by atoms with Gasteiger partial charge < -0.3 is 9.47 Å². The lowest BCUT2D eigenvalue weighted by molar-refractivity contribution is 0.726. The Morgan fingerprint density at radius 3 is 2.35 bits per heavy atom. The van der Waals surface area contributed by atoms with E-state index in [0.717, 1.165) is 56.2 Å². The standard InChI is InChI=1S/C51H41N3/c1-2-19-37(20-3-1)54-47-30-12-8-26-43(47)49-42-25-7-11-29-46(42)53(48-31-13-9-27-44(48)51(49)54)38-21-15-17-35(33-38)34-16-14-18-36(32-34)50-41-24-5-4-22-39(41)40-23-6-10-28-45(40)52-50/h1-3,5-10,13-20,23-28,31-33,38H,4,11-12,21-22,29-30H2. The van der Waals surface area contributed by atoms with Crippen molar-refractivity contribution in [1.29, 1.82) is 0 Å². The van der Waals surface area contributed by atoms with Crippen LogP contribution in [0.25, 0.3) is 62.4 Å². The lowest BCUT2D eigenvalue weighted by Gasteiger charge is -2.37. The second-order valence-electron chi connectivity index (χ2n) is 15.1. The number of hydrogen-bond acceptors (Lipinski definition) is 2. The first-order valence-corrected chi connectivity index (χ1v) is 19.7. The van der Waals surface area contributed by atoms with Gasteiger partial charge in [0.1, 0.15) is 0 Å². The average molecular weight is 696 g/mol. The van der Waals surface area contributed by atoms with E-state index in [1.54, 1.807) is 0 Å². The second kappa shape index (κ2) is 12.7. The van der Waals surface area contributed by atoms with Crippen LogP contribution in [0.3, 0.4) is 0 Å². The summed E-state index contributed by atoms with van der Waals surface area (Å²) in [7, 11) is 0. The number of para-hydroxylation sites is 3. The van der Waals surface area contributed by atoms with Crippen molar-refractivity contribution in [1.82, 2.24) is 9.55 Å². The molecule has 1 aliphatic heterocycles. The third-order valence-electron chi connectivity index (χ3n) is 12.0. The molecule has 3 heterocycles. The van der Waals surface area contributed by atoms with Gasteiger partial charge in [-0.15, -0.1) is 0 Å². The summed E-state index contributed by atoms with van der Waals surface area (Å²) in [5.74, 6) is 0. The number of anilines is 1. The van der Waals surface area contributed by atoms with Gasteiger partial charge in [-0.3, -0.25) is 0 Å². The Labute approximate surface area is 317 Å². The molecule has 5 aliphatic rings. The molecule has 0 radical (unpaired) electrons. The summed E-state index contributed by atoms with van der Waals surface area (Å²) in [6.07, 6.45) is 28.7. The molecule has 4 aromatic carbocycles. The quantitative estimate of drug-likeness (QED) is 0.183. The summed E-state index contributed by atoms with van der Waals surface area (Å²) in [5, 5.41) is 1.28. The summed E-state index contributed by atoms with van der Waals surface area (Å²) >= 11 is 0. The Bertz CT molecular complexity index is 2690. The normalized spacial score (nSPS) is 18.1. The molecule has 11 rings (SSSR count). The van der Waals surface area contributed by atoms with E-state index >= 15 is 0 Å². The Morgan fingerprint density at radius 2 is 1.41 bits per heavy atom. The largest absolute Gasteiger partial charge is 0.337 e. The zero-order chi connectivity index (χ0) is 35.6. The lowest BCUT2D eigenvalue weighted by Crippen LogP contribution is -2.35. The molecule has 0 N–H and O–H groups in total. The number of aryl methyl sites for hydroxylation is 1. The minimum Gasteiger partial charge on any atom is -0.337 e. The monoisotopic (exact) mass is 695 g/mol. The van der Waals surface area contributed by atoms with E-state index < -0.39 is 0 Å². The summed E-state index contributed by atoms with van der Waals surface area (Å²) in [5.41, 5.74) is 20.6. The number of benzene rings is 4. The van der Waals surface area contributed by atoms with Crippen LogP contribution < -0.4 is 4.90 Å². The van der Waals surface area contributed by atoms with E-state index in [9.17, 15) is 0 Å². The molecule has 0 fully saturated rings. The fraction of sp³-hybridized carbons (Fsp3) is 0.157. The van der Waals surface area contributed by atoms with Gasteiger partial charge in [0.15, 0.2) is 0 Å². The first-order valence-electron chi connectivity index (χ1n) is 19.7. The summed E-state index contributed by atoms with van der Waals surface area (Å²) < 4.78 is 2.58. The highest BCUT2D eigenvalue weighted by molar-refractivity contribution is 6.00. The van der Waals surface area contributed by atoms with Crippen molar-refractivity contribution in [3.63, 3.8) is 0 Å². The van der Waals surface area contributed by atoms with Crippen LogP contribution in [0.5, 0.6) is 0 Å². The molecule has 0 spiro atoms. The zero-order valence-electron chi connectivity index (χ0n) is 30.4. The summed E-state index contributed by atoms with van der Waals surface area (Å²) in [4.78, 5) is 7.97. The van der Waals surface area contributed by atoms with Crippen molar-refractivity contribution in [3.8, 4) is 28.2 Å². The molecule has 3 heteroatoms. The van der Waals surface area contributed by atoms with E-state index in [2.05, 4.69) is 167 Å². The molecule has 260 valence electrons. The number of fused-ring (bicyclic) bond motifs is 9. The van der Waals surface area contributed by atoms with E-state index in [1.165, 1.54) is 83.9 Å². The van der Waals surface area contributed by atoms with Gasteiger partial charge in [-0.25, -0.2) is 4.98 Å². The maximum absolute atomic E-state index is 5.27. The smallest absolute Gasteiger partial charge is 0.0784 e. The van der Waals surface area contributed by atoms with Crippen LogP contribution in [0, 0.1) is 0 Å². The molecule has 1 atom stereocenters. The molecule has 0 saturated heterocycles. The van der Waals surface area contributed by atoms with Crippen LogP contribution in [0.1, 0.15) is 65.6 Å². The predicted octanol–water partition coefficient (Wildman–Crippen LogP) is 12.6. The van der Waals surface area contributed by atoms with Crippen LogP contribution >= 0.6 is 0 Å². The van der Waals surface area contributed by atoms with Gasteiger partial charge >= 0.3 is 0 Å². The minimum atomic E-state index is 0.168. The molecule has 1 unspecified atom stereocenters. The number of hydrogen-bond donors (Lipinski definition) is 0. The molecule has 4 aliphatic carbocycles. The zero-order valence-corrected chi connectivity index (χ0v) is 30.4. The molecule has 54 heavy (non-hydrogen) atoms. The molecule has 0 bridgehead atoms. The Hall–Kier alpha value is -6.19. The minimum absolute atomic E-state index is 0.168. The number of aromatic nitrogens is 2. The van der Waals surface area contributed by atoms with Crippen LogP contribution in [-0.4, -0.2) is 15.6 Å². The molecular formula is C51H41N3. The van der Waals surface area contributed by atoms with Crippen molar-refractivity contribution < 1.29 is 0 Å². The van der Waals surface area contributed by atoms with Gasteiger partial charge in [0.25, 0.3) is 0 Å². The Balaban J connectivity index is 1.07. The van der Waals surface area contributed by atoms with Crippen molar-refractivity contribution in [3.05, 3.63) is 185 Å². The molecule has 0 amide bonds. The third-order valence-corrected chi connectivity index (χ3v) is 12.0. The van der Waals surface area contributed by atoms with Crippen molar-refractivity contribution >= 4 is 39.9 Å². The van der Waals surface area contributed by atoms with Gasteiger partial charge in [0.05, 0.1) is 28.6 Å². The number of rotatable bonds is 4. The van der Waals surface area contributed by atoms with Crippen LogP contribution in [-0.2, 0) is 12.8 Å². The SMILES string of the molecule is C1=CC2=C(CC1)N(C1C=C(c3cccc(-c4nc5ccccc5c5c4C=CCC5)c3)C=CC1)c1ccccc1-c1c2c2c(n1-c1ccccc1)CCC=C2. The van der Waals surface area contributed by atoms with E-state index in [1.807, 2.05) is 0 Å². The summed E-state index contributed by atoms with van der Waals surface area (Å²) in [6, 6.07) is 38.0. The number of pyridine rings is 1. The van der Waals surface area contributed by atoms with E-state index in [-0.39, 0.29) is 6.04 Å². The maximum atomic E-state index is 5.27. The first-order chi connectivity index (χ1) is 26.8. The van der Waals surface area contributed by atoms with Gasteiger partial charge in [0, 0.05) is 55.9 Å². The summed E-state index contributed by atoms with van der Waals surface area (Å²) in [6.45, 7) is 0. The fourth-order valence-corrected chi connectivity index (χ4v) is 9.69. The fourth-order valence-electron chi connectivity index (χ4n) is 9.69. The Morgan fingerprint density at radius 1 is 0.630 bits per heavy atom. The number of nitrogens with zero attached hydrogens (tertiary/aromatic N) is 3. The van der Waals surface area contributed by atoms with E-state index in [4.69, 9.17) is 4.98 Å². The highest BCUT2D eigenvalue weighted by Gasteiger charge is 2.36. The third kappa shape index (κ3) is 4.91. The van der Waals surface area contributed by atoms with Crippen LogP contribution in [0.2, 0.25) is 0 Å². The van der Waals surface area contributed by atoms with Crippen molar-refractivity contribution in [2.45, 2.75) is 51.0 Å². The molecule has 2 aromatic heterocycles. The number of allylic oxidation sites excluding steroid dienone is 8. The molecule has 3 nitrogen and oxygen atoms in total. The average Bonchev–Trinajstić information content (AvgIpc) is 3.53. The highest BCUT2D eigenvalue weighted by atomic mass is 15.2. The lowest BCUT2D eigenvalue weighted by atomic mass is 9.88.